The van der Waals surface area contributed by atoms with Crippen LogP contribution in [0.3, 0.4) is 0 Å². The number of amides is 1. The van der Waals surface area contributed by atoms with Gasteiger partial charge in [-0.2, -0.15) is 0 Å². The molecule has 5 nitrogen and oxygen atoms in total. The van der Waals surface area contributed by atoms with Crippen LogP contribution in [0.25, 0.3) is 0 Å². The van der Waals surface area contributed by atoms with Gasteiger partial charge < -0.3 is 5.32 Å². The Kier molecular flexibility index (Phi) is 6.50. The van der Waals surface area contributed by atoms with E-state index in [1.165, 1.54) is 35.6 Å². The smallest absolute Gasteiger partial charge is 0.264 e. The van der Waals surface area contributed by atoms with Gasteiger partial charge >= 0.3 is 0 Å². The van der Waals surface area contributed by atoms with Crippen molar-refractivity contribution >= 4 is 61.5 Å². The summed E-state index contributed by atoms with van der Waals surface area (Å²) in [6.45, 7) is 1.93. The molecule has 0 fully saturated rings. The van der Waals surface area contributed by atoms with E-state index in [4.69, 9.17) is 11.6 Å². The quantitative estimate of drug-likeness (QED) is 0.445. The zero-order valence-corrected chi connectivity index (χ0v) is 19.4. The van der Waals surface area contributed by atoms with E-state index in [2.05, 4.69) is 27.9 Å². The lowest BCUT2D eigenvalue weighted by Crippen LogP contribution is -2.26. The fourth-order valence-electron chi connectivity index (χ4n) is 2.69. The number of aryl methyl sites for hydroxylation is 1. The van der Waals surface area contributed by atoms with E-state index < -0.39 is 10.0 Å². The van der Waals surface area contributed by atoms with Gasteiger partial charge in [-0.25, -0.2) is 8.42 Å². The van der Waals surface area contributed by atoms with E-state index in [0.29, 0.717) is 16.3 Å². The Bertz CT molecular complexity index is 1150. The number of anilines is 2. The molecule has 3 rings (SSSR count). The number of carbonyl (C=O) groups excluding carboxylic acids is 1. The van der Waals surface area contributed by atoms with Crippen molar-refractivity contribution in [3.63, 3.8) is 0 Å². The van der Waals surface area contributed by atoms with Crippen LogP contribution in [0.5, 0.6) is 0 Å². The molecule has 0 atom stereocenters. The topological polar surface area (TPSA) is 66.5 Å². The molecule has 0 radical (unpaired) electrons. The normalized spacial score (nSPS) is 11.2. The first-order chi connectivity index (χ1) is 13.7. The highest BCUT2D eigenvalue weighted by Crippen LogP contribution is 2.24. The van der Waals surface area contributed by atoms with Crippen molar-refractivity contribution in [1.82, 2.24) is 0 Å². The van der Waals surface area contributed by atoms with Gasteiger partial charge in [-0.15, -0.1) is 0 Å². The predicted molar refractivity (Wildman–Crippen MR) is 125 cm³/mol. The second kappa shape index (κ2) is 8.73. The summed E-state index contributed by atoms with van der Waals surface area (Å²) in [5.74, 6) is -0.260. The summed E-state index contributed by atoms with van der Waals surface area (Å²) in [6, 6.07) is 18.1. The van der Waals surface area contributed by atoms with Gasteiger partial charge in [0.1, 0.15) is 0 Å². The largest absolute Gasteiger partial charge is 0.322 e. The number of benzene rings is 3. The van der Waals surface area contributed by atoms with Crippen molar-refractivity contribution in [2.75, 3.05) is 16.7 Å². The maximum Gasteiger partial charge on any atom is 0.264 e. The predicted octanol–water partition coefficient (Wildman–Crippen LogP) is 5.33. The third-order valence-corrected chi connectivity index (χ3v) is 7.12. The van der Waals surface area contributed by atoms with Gasteiger partial charge in [-0.05, 0) is 102 Å². The van der Waals surface area contributed by atoms with Gasteiger partial charge in [0.25, 0.3) is 15.9 Å². The minimum Gasteiger partial charge on any atom is -0.322 e. The monoisotopic (exact) mass is 540 g/mol. The number of nitrogens with zero attached hydrogens (tertiary/aromatic N) is 1. The highest BCUT2D eigenvalue weighted by atomic mass is 127. The lowest BCUT2D eigenvalue weighted by Gasteiger charge is -2.20. The summed E-state index contributed by atoms with van der Waals surface area (Å²) in [6.07, 6.45) is 0. The van der Waals surface area contributed by atoms with Gasteiger partial charge in [0, 0.05) is 26.9 Å². The molecule has 0 heterocycles. The average Bonchev–Trinajstić information content (AvgIpc) is 2.70. The molecule has 1 amide bonds. The zero-order valence-electron chi connectivity index (χ0n) is 15.7. The van der Waals surface area contributed by atoms with Gasteiger partial charge in [0.05, 0.1) is 10.6 Å². The van der Waals surface area contributed by atoms with E-state index in [1.807, 2.05) is 25.1 Å². The van der Waals surface area contributed by atoms with E-state index >= 15 is 0 Å². The maximum atomic E-state index is 12.8. The fourth-order valence-corrected chi connectivity index (χ4v) is 4.66. The number of nitrogens with one attached hydrogen (secondary N) is 1. The van der Waals surface area contributed by atoms with Crippen LogP contribution in [-0.4, -0.2) is 21.4 Å². The summed E-state index contributed by atoms with van der Waals surface area (Å²) >= 11 is 8.05. The van der Waals surface area contributed by atoms with Crippen LogP contribution in [0, 0.1) is 10.5 Å². The van der Waals surface area contributed by atoms with Crippen molar-refractivity contribution in [3.8, 4) is 0 Å². The van der Waals surface area contributed by atoms with Crippen LogP contribution in [0.1, 0.15) is 15.9 Å². The summed E-state index contributed by atoms with van der Waals surface area (Å²) < 4.78 is 27.8. The van der Waals surface area contributed by atoms with E-state index in [1.54, 1.807) is 24.3 Å². The lowest BCUT2D eigenvalue weighted by molar-refractivity contribution is 0.102. The summed E-state index contributed by atoms with van der Waals surface area (Å²) in [5.41, 5.74) is 2.59. The Balaban J connectivity index is 1.78. The number of rotatable bonds is 5. The molecule has 29 heavy (non-hydrogen) atoms. The van der Waals surface area contributed by atoms with Gasteiger partial charge in [0.2, 0.25) is 0 Å². The first-order valence-corrected chi connectivity index (χ1v) is 11.5. The van der Waals surface area contributed by atoms with Gasteiger partial charge in [0.15, 0.2) is 0 Å². The Morgan fingerprint density at radius 2 is 1.62 bits per heavy atom. The number of hydrogen-bond donors (Lipinski definition) is 1. The summed E-state index contributed by atoms with van der Waals surface area (Å²) in [4.78, 5) is 12.7. The average molecular weight is 541 g/mol. The minimum absolute atomic E-state index is 0.139. The molecule has 0 bridgehead atoms. The molecule has 0 aromatic heterocycles. The molecule has 0 unspecified atom stereocenters. The highest BCUT2D eigenvalue weighted by molar-refractivity contribution is 14.1. The van der Waals surface area contributed by atoms with Crippen molar-refractivity contribution in [3.05, 3.63) is 86.4 Å². The number of hydrogen-bond acceptors (Lipinski definition) is 3. The molecule has 150 valence electrons. The van der Waals surface area contributed by atoms with E-state index in [-0.39, 0.29) is 10.8 Å². The van der Waals surface area contributed by atoms with Crippen molar-refractivity contribution in [2.45, 2.75) is 11.8 Å². The fraction of sp³-hybridized carbons (Fsp3) is 0.0952. The second-order valence-electron chi connectivity index (χ2n) is 6.39. The number of sulfonamides is 1. The van der Waals surface area contributed by atoms with E-state index in [0.717, 1.165) is 14.8 Å². The van der Waals surface area contributed by atoms with Crippen LogP contribution in [-0.2, 0) is 10.0 Å². The van der Waals surface area contributed by atoms with Gasteiger partial charge in [-0.1, -0.05) is 11.6 Å². The molecule has 3 aromatic rings. The number of halogens is 2. The van der Waals surface area contributed by atoms with Crippen molar-refractivity contribution in [1.29, 1.82) is 0 Å². The SMILES string of the molecule is Cc1cc(I)ccc1NC(=O)c1ccc(N(C)S(=O)(=O)c2ccc(Cl)cc2)cc1. The van der Waals surface area contributed by atoms with Gasteiger partial charge in [-0.3, -0.25) is 9.10 Å². The Morgan fingerprint density at radius 3 is 2.21 bits per heavy atom. The number of carbonyl (C=O) groups is 1. The van der Waals surface area contributed by atoms with Crippen LogP contribution in [0.15, 0.2) is 71.6 Å². The van der Waals surface area contributed by atoms with Crippen molar-refractivity contribution in [2.24, 2.45) is 0 Å². The molecule has 0 aliphatic rings. The molecular weight excluding hydrogens is 523 g/mol. The molecular formula is C21H18ClIN2O3S. The summed E-state index contributed by atoms with van der Waals surface area (Å²) in [7, 11) is -2.26. The third kappa shape index (κ3) is 4.91. The second-order valence-corrected chi connectivity index (χ2v) is 10.0. The standard InChI is InChI=1S/C21H18ClIN2O3S/c1-14-13-17(23)7-12-20(14)24-21(26)15-3-8-18(9-4-15)25(2)29(27,28)19-10-5-16(22)6-11-19/h3-13H,1-2H3,(H,24,26). The first kappa shape index (κ1) is 21.6. The van der Waals surface area contributed by atoms with Crippen LogP contribution in [0.4, 0.5) is 11.4 Å². The molecule has 0 saturated heterocycles. The molecule has 1 N–H and O–H groups in total. The maximum absolute atomic E-state index is 12.8. The van der Waals surface area contributed by atoms with Crippen LogP contribution < -0.4 is 9.62 Å². The molecule has 3 aromatic carbocycles. The third-order valence-electron chi connectivity index (χ3n) is 4.40. The first-order valence-electron chi connectivity index (χ1n) is 8.60. The minimum atomic E-state index is -3.73. The molecule has 0 spiro atoms. The highest BCUT2D eigenvalue weighted by Gasteiger charge is 2.21. The Morgan fingerprint density at radius 1 is 1.00 bits per heavy atom. The Labute approximate surface area is 188 Å². The summed E-state index contributed by atoms with van der Waals surface area (Å²) in [5, 5.41) is 3.34. The molecule has 0 saturated carbocycles. The molecule has 8 heteroatoms. The van der Waals surface area contributed by atoms with Crippen LogP contribution in [0.2, 0.25) is 5.02 Å². The lowest BCUT2D eigenvalue weighted by atomic mass is 10.1. The van der Waals surface area contributed by atoms with E-state index in [9.17, 15) is 13.2 Å². The zero-order chi connectivity index (χ0) is 21.2. The Hall–Kier alpha value is -2.10. The molecule has 0 aliphatic heterocycles. The van der Waals surface area contributed by atoms with Crippen LogP contribution >= 0.6 is 34.2 Å². The van der Waals surface area contributed by atoms with Crippen molar-refractivity contribution < 1.29 is 13.2 Å². The molecule has 0 aliphatic carbocycles.